The molecular weight excluding hydrogens is 482 g/mol. The Morgan fingerprint density at radius 2 is 1.95 bits per heavy atom. The summed E-state index contributed by atoms with van der Waals surface area (Å²) < 4.78 is 1.59. The van der Waals surface area contributed by atoms with Gasteiger partial charge in [-0.2, -0.15) is 5.10 Å². The van der Waals surface area contributed by atoms with E-state index in [0.29, 0.717) is 17.9 Å². The van der Waals surface area contributed by atoms with E-state index in [1.165, 1.54) is 4.90 Å². The molecule has 1 aliphatic rings. The molecule has 1 aromatic carbocycles. The average molecular weight is 518 g/mol. The van der Waals surface area contributed by atoms with Gasteiger partial charge >= 0.3 is 6.03 Å². The molecule has 2 aromatic heterocycles. The summed E-state index contributed by atoms with van der Waals surface area (Å²) in [5.41, 5.74) is 11.2. The van der Waals surface area contributed by atoms with Gasteiger partial charge in [-0.1, -0.05) is 25.1 Å². The number of hydrogen-bond donors (Lipinski definition) is 2. The number of imide groups is 1. The molecule has 10 nitrogen and oxygen atoms in total. The summed E-state index contributed by atoms with van der Waals surface area (Å²) in [5.74, 6) is -1.13. The molecule has 0 radical (unpaired) electrons. The van der Waals surface area contributed by atoms with Crippen LogP contribution in [0, 0.1) is 26.7 Å². The Kier molecular flexibility index (Phi) is 7.52. The maximum Gasteiger partial charge on any atom is 0.325 e. The maximum absolute atomic E-state index is 13.7. The smallest absolute Gasteiger partial charge is 0.325 e. The highest BCUT2D eigenvalue weighted by atomic mass is 16.2. The predicted molar refractivity (Wildman–Crippen MR) is 145 cm³/mol. The third kappa shape index (κ3) is 5.11. The molecule has 1 aliphatic heterocycles. The summed E-state index contributed by atoms with van der Waals surface area (Å²) in [5, 5.41) is 7.14. The number of nitrogen functional groups attached to an aromatic ring is 1. The first kappa shape index (κ1) is 26.8. The van der Waals surface area contributed by atoms with Gasteiger partial charge in [-0.05, 0) is 68.0 Å². The van der Waals surface area contributed by atoms with Crippen molar-refractivity contribution in [2.75, 3.05) is 17.7 Å². The Bertz CT molecular complexity index is 1360. The Labute approximate surface area is 222 Å². The van der Waals surface area contributed by atoms with Gasteiger partial charge in [0.05, 0.1) is 23.8 Å². The van der Waals surface area contributed by atoms with Crippen LogP contribution in [0.4, 0.5) is 16.3 Å². The Morgan fingerprint density at radius 1 is 1.21 bits per heavy atom. The van der Waals surface area contributed by atoms with E-state index in [4.69, 9.17) is 5.73 Å². The van der Waals surface area contributed by atoms with Crippen molar-refractivity contribution < 1.29 is 14.4 Å². The van der Waals surface area contributed by atoms with Gasteiger partial charge in [0.1, 0.15) is 11.9 Å². The number of pyridine rings is 1. The number of carbonyl (C=O) groups excluding carboxylic acids is 3. The fourth-order valence-electron chi connectivity index (χ4n) is 5.07. The summed E-state index contributed by atoms with van der Waals surface area (Å²) in [6.45, 7) is 7.83. The van der Waals surface area contributed by atoms with Gasteiger partial charge in [0.15, 0.2) is 0 Å². The summed E-state index contributed by atoms with van der Waals surface area (Å²) in [6, 6.07) is 7.63. The summed E-state index contributed by atoms with van der Waals surface area (Å²) in [7, 11) is 3.38. The molecule has 0 spiro atoms. The molecule has 3 heterocycles. The van der Waals surface area contributed by atoms with E-state index in [0.717, 1.165) is 32.8 Å². The minimum Gasteiger partial charge on any atom is -0.384 e. The molecule has 1 unspecified atom stereocenters. The topological polar surface area (TPSA) is 126 Å². The number of hydrogen-bond acceptors (Lipinski definition) is 6. The van der Waals surface area contributed by atoms with Gasteiger partial charge in [0.2, 0.25) is 5.91 Å². The van der Waals surface area contributed by atoms with Crippen molar-refractivity contribution in [3.05, 3.63) is 70.7 Å². The van der Waals surface area contributed by atoms with E-state index >= 15 is 0 Å². The van der Waals surface area contributed by atoms with E-state index in [2.05, 4.69) is 15.4 Å². The fraction of sp³-hybridized carbons (Fsp3) is 0.393. The lowest BCUT2D eigenvalue weighted by molar-refractivity contribution is -0.156. The average Bonchev–Trinajstić information content (AvgIpc) is 3.30. The first-order valence-electron chi connectivity index (χ1n) is 12.7. The minimum absolute atomic E-state index is 0.266. The third-order valence-electron chi connectivity index (χ3n) is 7.31. The van der Waals surface area contributed by atoms with Crippen LogP contribution in [0.5, 0.6) is 0 Å². The quantitative estimate of drug-likeness (QED) is 0.464. The predicted octanol–water partition coefficient (Wildman–Crippen LogP) is 3.22. The SMILES string of the molecule is CCC(NC(=O)N1C(=O)[C@H](Cc2cc(C)nc(N)c2)[C@H]1C(=O)N(C)c1cnn(C)c1)c1cccc(C)c1C. The molecule has 0 saturated carbocycles. The molecule has 1 saturated heterocycles. The first-order valence-corrected chi connectivity index (χ1v) is 12.7. The minimum atomic E-state index is -0.974. The number of β-lactam (4-membered cyclic amide) rings is 1. The van der Waals surface area contributed by atoms with Gasteiger partial charge in [-0.15, -0.1) is 0 Å². The second kappa shape index (κ2) is 10.6. The molecule has 38 heavy (non-hydrogen) atoms. The maximum atomic E-state index is 13.7. The van der Waals surface area contributed by atoms with Crippen LogP contribution in [0.15, 0.2) is 42.7 Å². The fourth-order valence-corrected chi connectivity index (χ4v) is 5.07. The summed E-state index contributed by atoms with van der Waals surface area (Å²) in [4.78, 5) is 47.4. The second-order valence-electron chi connectivity index (χ2n) is 9.97. The van der Waals surface area contributed by atoms with E-state index in [9.17, 15) is 14.4 Å². The number of amides is 4. The van der Waals surface area contributed by atoms with Crippen molar-refractivity contribution >= 4 is 29.4 Å². The first-order chi connectivity index (χ1) is 18.0. The highest BCUT2D eigenvalue weighted by molar-refractivity contribution is 6.12. The van der Waals surface area contributed by atoms with Crippen LogP contribution in [0.3, 0.4) is 0 Å². The van der Waals surface area contributed by atoms with Crippen LogP contribution in [-0.2, 0) is 23.1 Å². The van der Waals surface area contributed by atoms with Crippen molar-refractivity contribution in [1.82, 2.24) is 25.0 Å². The van der Waals surface area contributed by atoms with Crippen LogP contribution in [0.1, 0.15) is 47.3 Å². The normalized spacial score (nSPS) is 17.6. The zero-order valence-electron chi connectivity index (χ0n) is 22.7. The molecule has 10 heteroatoms. The summed E-state index contributed by atoms with van der Waals surface area (Å²) >= 11 is 0. The van der Waals surface area contributed by atoms with E-state index in [1.54, 1.807) is 37.2 Å². The number of nitrogens with two attached hydrogens (primary N) is 1. The number of urea groups is 1. The monoisotopic (exact) mass is 517 g/mol. The van der Waals surface area contributed by atoms with Crippen molar-refractivity contribution in [2.24, 2.45) is 13.0 Å². The Hall–Kier alpha value is -4.21. The highest BCUT2D eigenvalue weighted by Crippen LogP contribution is 2.34. The number of nitrogens with one attached hydrogen (secondary N) is 1. The van der Waals surface area contributed by atoms with Gasteiger partial charge in [-0.3, -0.25) is 19.2 Å². The van der Waals surface area contributed by atoms with Crippen LogP contribution >= 0.6 is 0 Å². The van der Waals surface area contributed by atoms with Gasteiger partial charge in [0, 0.05) is 26.0 Å². The summed E-state index contributed by atoms with van der Waals surface area (Å²) in [6.07, 6.45) is 4.17. The number of nitrogens with zero attached hydrogens (tertiary/aromatic N) is 5. The number of carbonyl (C=O) groups is 3. The lowest BCUT2D eigenvalue weighted by atomic mass is 9.81. The van der Waals surface area contributed by atoms with Crippen molar-refractivity contribution in [3.63, 3.8) is 0 Å². The molecule has 4 amide bonds. The number of rotatable bonds is 7. The van der Waals surface area contributed by atoms with E-state index in [-0.39, 0.29) is 18.4 Å². The van der Waals surface area contributed by atoms with Crippen molar-refractivity contribution in [1.29, 1.82) is 0 Å². The molecule has 200 valence electrons. The van der Waals surface area contributed by atoms with Gasteiger partial charge in [0.25, 0.3) is 5.91 Å². The molecule has 3 N–H and O–H groups in total. The second-order valence-corrected chi connectivity index (χ2v) is 9.97. The van der Waals surface area contributed by atoms with Crippen LogP contribution in [-0.4, -0.2) is 50.6 Å². The number of benzene rings is 1. The van der Waals surface area contributed by atoms with E-state index < -0.39 is 23.9 Å². The standard InChI is InChI=1S/C28H35N7O3/c1-7-23(21-10-8-9-16(2)18(21)4)32-28(38)35-25(27(37)34(6)20-14-30-33(5)15-20)22(26(35)36)12-19-11-17(3)31-24(29)13-19/h8-11,13-15,22-23,25H,7,12H2,1-6H3,(H2,29,31)(H,32,38)/t22-,23?,25+/m1/s1. The largest absolute Gasteiger partial charge is 0.384 e. The van der Waals surface area contributed by atoms with Crippen molar-refractivity contribution in [2.45, 2.75) is 52.6 Å². The third-order valence-corrected chi connectivity index (χ3v) is 7.31. The van der Waals surface area contributed by atoms with Crippen LogP contribution in [0.25, 0.3) is 0 Å². The zero-order valence-corrected chi connectivity index (χ0v) is 22.7. The van der Waals surface area contributed by atoms with Crippen LogP contribution in [0.2, 0.25) is 0 Å². The number of aryl methyl sites for hydroxylation is 3. The number of likely N-dealkylation sites (N-methyl/N-ethyl adjacent to an activating group) is 1. The van der Waals surface area contributed by atoms with Gasteiger partial charge in [-0.25, -0.2) is 9.78 Å². The molecule has 0 bridgehead atoms. The zero-order chi connectivity index (χ0) is 27.7. The highest BCUT2D eigenvalue weighted by Gasteiger charge is 2.55. The van der Waals surface area contributed by atoms with Gasteiger partial charge < -0.3 is 16.0 Å². The number of anilines is 2. The van der Waals surface area contributed by atoms with Crippen LogP contribution < -0.4 is 16.0 Å². The van der Waals surface area contributed by atoms with E-state index in [1.807, 2.05) is 52.0 Å². The number of aromatic nitrogens is 3. The Morgan fingerprint density at radius 3 is 2.58 bits per heavy atom. The molecule has 3 atom stereocenters. The molecule has 4 rings (SSSR count). The lowest BCUT2D eigenvalue weighted by Gasteiger charge is -2.46. The lowest BCUT2D eigenvalue weighted by Crippen LogP contribution is -2.70. The molecule has 1 fully saturated rings. The van der Waals surface area contributed by atoms with Crippen molar-refractivity contribution in [3.8, 4) is 0 Å². The molecule has 0 aliphatic carbocycles. The molecular formula is C28H35N7O3. The number of likely N-dealkylation sites (tertiary alicyclic amines) is 1. The Balaban J connectivity index is 1.63. The molecule has 3 aromatic rings.